The largest absolute Gasteiger partial charge is 0.366 e. The van der Waals surface area contributed by atoms with Gasteiger partial charge in [0.15, 0.2) is 0 Å². The summed E-state index contributed by atoms with van der Waals surface area (Å²) in [5.74, 6) is 0.332. The lowest BCUT2D eigenvalue weighted by Gasteiger charge is -2.30. The summed E-state index contributed by atoms with van der Waals surface area (Å²) < 4.78 is 0. The van der Waals surface area contributed by atoms with Crippen LogP contribution >= 0.6 is 0 Å². The zero-order valence-corrected chi connectivity index (χ0v) is 14.6. The van der Waals surface area contributed by atoms with Crippen LogP contribution in [-0.4, -0.2) is 43.0 Å². The van der Waals surface area contributed by atoms with Gasteiger partial charge >= 0.3 is 6.03 Å². The Labute approximate surface area is 143 Å². The maximum atomic E-state index is 12.0. The lowest BCUT2D eigenvalue weighted by atomic mass is 9.99. The van der Waals surface area contributed by atoms with E-state index < -0.39 is 5.91 Å². The Morgan fingerprint density at radius 1 is 1.29 bits per heavy atom. The molecule has 1 aliphatic heterocycles. The first-order chi connectivity index (χ1) is 11.5. The van der Waals surface area contributed by atoms with Gasteiger partial charge in [-0.1, -0.05) is 13.0 Å². The van der Waals surface area contributed by atoms with Crippen molar-refractivity contribution in [3.05, 3.63) is 29.3 Å². The molecule has 0 atom stereocenters. The van der Waals surface area contributed by atoms with Gasteiger partial charge < -0.3 is 21.3 Å². The van der Waals surface area contributed by atoms with Gasteiger partial charge in [0.05, 0.1) is 0 Å². The van der Waals surface area contributed by atoms with Gasteiger partial charge in [-0.2, -0.15) is 0 Å². The smallest absolute Gasteiger partial charge is 0.319 e. The molecule has 0 aromatic heterocycles. The van der Waals surface area contributed by atoms with Crippen LogP contribution in [0.3, 0.4) is 0 Å². The second-order valence-electron chi connectivity index (χ2n) is 6.65. The van der Waals surface area contributed by atoms with E-state index in [0.29, 0.717) is 17.8 Å². The number of primary amides is 1. The molecule has 4 N–H and O–H groups in total. The van der Waals surface area contributed by atoms with Crippen LogP contribution < -0.4 is 16.4 Å². The molecule has 0 aliphatic carbocycles. The molecule has 1 aromatic carbocycles. The highest BCUT2D eigenvalue weighted by Crippen LogP contribution is 2.17. The Balaban J connectivity index is 1.71. The number of nitrogens with one attached hydrogen (secondary N) is 2. The quantitative estimate of drug-likeness (QED) is 0.699. The van der Waals surface area contributed by atoms with Gasteiger partial charge in [-0.05, 0) is 69.4 Å². The Morgan fingerprint density at radius 2 is 2.00 bits per heavy atom. The first kappa shape index (κ1) is 18.3. The normalized spacial score (nSPS) is 15.9. The van der Waals surface area contributed by atoms with Crippen LogP contribution in [0.2, 0.25) is 0 Å². The first-order valence-corrected chi connectivity index (χ1v) is 8.63. The number of piperidine rings is 1. The van der Waals surface area contributed by atoms with Crippen molar-refractivity contribution in [1.82, 2.24) is 10.2 Å². The number of rotatable bonds is 6. The standard InChI is InChI=1S/C18H28N4O2/c1-13-6-10-22(11-7-13)9-3-8-20-18(24)21-16-12-15(17(19)23)5-4-14(16)2/h4-5,12-13H,3,6-11H2,1-2H3,(H2,19,23)(H2,20,21,24). The van der Waals surface area contributed by atoms with Crippen molar-refractivity contribution in [3.8, 4) is 0 Å². The van der Waals surface area contributed by atoms with E-state index in [2.05, 4.69) is 22.5 Å². The Bertz CT molecular complexity index is 580. The molecule has 1 aromatic rings. The number of hydrogen-bond donors (Lipinski definition) is 3. The molecule has 0 spiro atoms. The molecule has 0 bridgehead atoms. The highest BCUT2D eigenvalue weighted by atomic mass is 16.2. The molecule has 24 heavy (non-hydrogen) atoms. The van der Waals surface area contributed by atoms with E-state index in [1.165, 1.54) is 12.8 Å². The monoisotopic (exact) mass is 332 g/mol. The number of likely N-dealkylation sites (tertiary alicyclic amines) is 1. The molecule has 1 heterocycles. The predicted octanol–water partition coefficient (Wildman–Crippen LogP) is 2.34. The van der Waals surface area contributed by atoms with Crippen molar-refractivity contribution >= 4 is 17.6 Å². The van der Waals surface area contributed by atoms with Crippen molar-refractivity contribution < 1.29 is 9.59 Å². The number of amides is 3. The maximum absolute atomic E-state index is 12.0. The fourth-order valence-electron chi connectivity index (χ4n) is 2.87. The zero-order chi connectivity index (χ0) is 17.5. The molecular weight excluding hydrogens is 304 g/mol. The first-order valence-electron chi connectivity index (χ1n) is 8.63. The predicted molar refractivity (Wildman–Crippen MR) is 96.2 cm³/mol. The third-order valence-electron chi connectivity index (χ3n) is 4.58. The average molecular weight is 332 g/mol. The molecule has 6 nitrogen and oxygen atoms in total. The number of carbonyl (C=O) groups excluding carboxylic acids is 2. The Hall–Kier alpha value is -2.08. The molecular formula is C18H28N4O2. The van der Waals surface area contributed by atoms with Crippen LogP contribution in [0.4, 0.5) is 10.5 Å². The van der Waals surface area contributed by atoms with E-state index in [1.807, 2.05) is 6.92 Å². The minimum atomic E-state index is -0.505. The van der Waals surface area contributed by atoms with Gasteiger partial charge in [0.1, 0.15) is 0 Å². The number of anilines is 1. The molecule has 132 valence electrons. The van der Waals surface area contributed by atoms with Crippen molar-refractivity contribution in [1.29, 1.82) is 0 Å². The van der Waals surface area contributed by atoms with E-state index in [9.17, 15) is 9.59 Å². The molecule has 2 rings (SSSR count). The SMILES string of the molecule is Cc1ccc(C(N)=O)cc1NC(=O)NCCCN1CCC(C)CC1. The maximum Gasteiger partial charge on any atom is 0.319 e. The summed E-state index contributed by atoms with van der Waals surface area (Å²) in [5.41, 5.74) is 7.15. The number of hydrogen-bond acceptors (Lipinski definition) is 3. The topological polar surface area (TPSA) is 87.5 Å². The van der Waals surface area contributed by atoms with Gasteiger partial charge in [-0.15, -0.1) is 0 Å². The summed E-state index contributed by atoms with van der Waals surface area (Å²) in [7, 11) is 0. The van der Waals surface area contributed by atoms with Gasteiger partial charge in [-0.3, -0.25) is 4.79 Å². The Kier molecular flexibility index (Phi) is 6.61. The van der Waals surface area contributed by atoms with Crippen LogP contribution in [-0.2, 0) is 0 Å². The second kappa shape index (κ2) is 8.68. The van der Waals surface area contributed by atoms with Crippen LogP contribution in [0, 0.1) is 12.8 Å². The number of benzene rings is 1. The lowest BCUT2D eigenvalue weighted by Crippen LogP contribution is -2.36. The molecule has 3 amide bonds. The second-order valence-corrected chi connectivity index (χ2v) is 6.65. The molecule has 0 saturated carbocycles. The highest BCUT2D eigenvalue weighted by Gasteiger charge is 2.15. The van der Waals surface area contributed by atoms with Crippen LogP contribution in [0.15, 0.2) is 18.2 Å². The molecule has 1 saturated heterocycles. The minimum absolute atomic E-state index is 0.257. The molecule has 0 radical (unpaired) electrons. The number of urea groups is 1. The van der Waals surface area contributed by atoms with E-state index in [4.69, 9.17) is 5.73 Å². The van der Waals surface area contributed by atoms with E-state index in [-0.39, 0.29) is 6.03 Å². The third kappa shape index (κ3) is 5.53. The summed E-state index contributed by atoms with van der Waals surface area (Å²) in [6.07, 6.45) is 3.47. The summed E-state index contributed by atoms with van der Waals surface area (Å²) >= 11 is 0. The van der Waals surface area contributed by atoms with E-state index in [0.717, 1.165) is 37.5 Å². The van der Waals surface area contributed by atoms with Crippen molar-refractivity contribution in [2.45, 2.75) is 33.1 Å². The van der Waals surface area contributed by atoms with E-state index >= 15 is 0 Å². The molecule has 1 fully saturated rings. The average Bonchev–Trinajstić information content (AvgIpc) is 2.55. The molecule has 1 aliphatic rings. The van der Waals surface area contributed by atoms with Crippen LogP contribution in [0.5, 0.6) is 0 Å². The van der Waals surface area contributed by atoms with Crippen LogP contribution in [0.1, 0.15) is 42.1 Å². The fraction of sp³-hybridized carbons (Fsp3) is 0.556. The number of nitrogens with zero attached hydrogens (tertiary/aromatic N) is 1. The summed E-state index contributed by atoms with van der Waals surface area (Å²) in [6, 6.07) is 4.77. The minimum Gasteiger partial charge on any atom is -0.366 e. The number of carbonyl (C=O) groups is 2. The summed E-state index contributed by atoms with van der Waals surface area (Å²) in [4.78, 5) is 25.7. The fourth-order valence-corrected chi connectivity index (χ4v) is 2.87. The Morgan fingerprint density at radius 3 is 2.67 bits per heavy atom. The third-order valence-corrected chi connectivity index (χ3v) is 4.58. The van der Waals surface area contributed by atoms with Crippen LogP contribution in [0.25, 0.3) is 0 Å². The van der Waals surface area contributed by atoms with Crippen molar-refractivity contribution in [2.75, 3.05) is 31.5 Å². The number of nitrogens with two attached hydrogens (primary N) is 1. The van der Waals surface area contributed by atoms with Gasteiger partial charge in [0, 0.05) is 17.8 Å². The van der Waals surface area contributed by atoms with Crippen molar-refractivity contribution in [3.63, 3.8) is 0 Å². The van der Waals surface area contributed by atoms with Crippen molar-refractivity contribution in [2.24, 2.45) is 11.7 Å². The van der Waals surface area contributed by atoms with Gasteiger partial charge in [-0.25, -0.2) is 4.79 Å². The van der Waals surface area contributed by atoms with Gasteiger partial charge in [0.2, 0.25) is 5.91 Å². The summed E-state index contributed by atoms with van der Waals surface area (Å²) in [6.45, 7) is 8.14. The highest BCUT2D eigenvalue weighted by molar-refractivity contribution is 5.96. The molecule has 6 heteroatoms. The molecule has 0 unspecified atom stereocenters. The number of aryl methyl sites for hydroxylation is 1. The van der Waals surface area contributed by atoms with Gasteiger partial charge in [0.25, 0.3) is 0 Å². The van der Waals surface area contributed by atoms with E-state index in [1.54, 1.807) is 18.2 Å². The zero-order valence-electron chi connectivity index (χ0n) is 14.6. The summed E-state index contributed by atoms with van der Waals surface area (Å²) in [5, 5.41) is 5.64. The lowest BCUT2D eigenvalue weighted by molar-refractivity contribution is 0.100.